The van der Waals surface area contributed by atoms with E-state index in [0.29, 0.717) is 11.3 Å². The fraction of sp³-hybridized carbons (Fsp3) is 0.600. The molecule has 100 valence electrons. The second-order valence-corrected chi connectivity index (χ2v) is 7.08. The first-order valence-corrected chi connectivity index (χ1v) is 7.69. The Kier molecular flexibility index (Phi) is 5.10. The summed E-state index contributed by atoms with van der Waals surface area (Å²) >= 11 is 1.93. The number of nitrogens with zero attached hydrogens (tertiary/aromatic N) is 1. The quantitative estimate of drug-likeness (QED) is 0.842. The minimum atomic E-state index is 0.604. The molecule has 1 atom stereocenters. The van der Waals surface area contributed by atoms with Crippen molar-refractivity contribution in [3.8, 4) is 0 Å². The van der Waals surface area contributed by atoms with Crippen LogP contribution in [0, 0.1) is 0 Å². The van der Waals surface area contributed by atoms with E-state index in [1.807, 2.05) is 11.8 Å². The molecule has 0 aliphatic carbocycles. The minimum Gasteiger partial charge on any atom is -0.311 e. The van der Waals surface area contributed by atoms with Crippen molar-refractivity contribution in [3.63, 3.8) is 0 Å². The van der Waals surface area contributed by atoms with E-state index in [4.69, 9.17) is 0 Å². The Morgan fingerprint density at radius 1 is 1.33 bits per heavy atom. The Bertz CT molecular complexity index is 361. The van der Waals surface area contributed by atoms with Crippen LogP contribution in [0.4, 0.5) is 0 Å². The topological polar surface area (TPSA) is 15.3 Å². The molecule has 18 heavy (non-hydrogen) atoms. The van der Waals surface area contributed by atoms with Crippen LogP contribution in [0.3, 0.4) is 0 Å². The molecule has 0 radical (unpaired) electrons. The molecule has 1 heterocycles. The molecule has 2 nitrogen and oxygen atoms in total. The molecule has 1 saturated heterocycles. The van der Waals surface area contributed by atoms with Crippen molar-refractivity contribution >= 4 is 11.8 Å². The summed E-state index contributed by atoms with van der Waals surface area (Å²) in [6, 6.07) is 9.67. The second-order valence-electron chi connectivity index (χ2n) is 5.43. The maximum atomic E-state index is 3.60. The van der Waals surface area contributed by atoms with Crippen molar-refractivity contribution in [1.82, 2.24) is 10.2 Å². The summed E-state index contributed by atoms with van der Waals surface area (Å²) in [5, 5.41) is 4.25. The van der Waals surface area contributed by atoms with Crippen LogP contribution in [0.5, 0.6) is 0 Å². The van der Waals surface area contributed by atoms with E-state index in [9.17, 15) is 0 Å². The fourth-order valence-corrected chi connectivity index (χ4v) is 3.23. The van der Waals surface area contributed by atoms with Crippen LogP contribution in [0.1, 0.15) is 19.4 Å². The van der Waals surface area contributed by atoms with Crippen LogP contribution in [-0.4, -0.2) is 42.9 Å². The van der Waals surface area contributed by atoms with E-state index in [0.717, 1.165) is 19.5 Å². The predicted octanol–water partition coefficient (Wildman–Crippen LogP) is 2.63. The Morgan fingerprint density at radius 2 is 2.06 bits per heavy atom. The zero-order valence-corrected chi connectivity index (χ0v) is 12.5. The van der Waals surface area contributed by atoms with Crippen molar-refractivity contribution in [2.75, 3.05) is 26.7 Å². The summed E-state index contributed by atoms with van der Waals surface area (Å²) in [5.41, 5.74) is 1.44. The molecule has 1 aliphatic rings. The molecule has 1 N–H and O–H groups in total. The highest BCUT2D eigenvalue weighted by atomic mass is 32.2. The molecular formula is C15H24N2S. The lowest BCUT2D eigenvalue weighted by Gasteiger charge is -2.31. The SMILES string of the molecule is CC(C)Sc1ccc(CC2CN(C)CCN2)cc1. The van der Waals surface area contributed by atoms with Crippen molar-refractivity contribution in [2.45, 2.75) is 36.5 Å². The van der Waals surface area contributed by atoms with Gasteiger partial charge in [0.25, 0.3) is 0 Å². The van der Waals surface area contributed by atoms with Gasteiger partial charge in [0.15, 0.2) is 0 Å². The molecule has 2 rings (SSSR count). The molecule has 0 saturated carbocycles. The summed E-state index contributed by atoms with van der Waals surface area (Å²) in [6.45, 7) is 7.91. The molecular weight excluding hydrogens is 240 g/mol. The van der Waals surface area contributed by atoms with E-state index in [2.05, 4.69) is 55.4 Å². The van der Waals surface area contributed by atoms with E-state index < -0.39 is 0 Å². The van der Waals surface area contributed by atoms with Gasteiger partial charge in [-0.15, -0.1) is 11.8 Å². The number of benzene rings is 1. The van der Waals surface area contributed by atoms with Gasteiger partial charge in [-0.25, -0.2) is 0 Å². The molecule has 1 fully saturated rings. The van der Waals surface area contributed by atoms with Gasteiger partial charge < -0.3 is 10.2 Å². The molecule has 3 heteroatoms. The fourth-order valence-electron chi connectivity index (χ4n) is 2.39. The first-order chi connectivity index (χ1) is 8.63. The van der Waals surface area contributed by atoms with Crippen LogP contribution < -0.4 is 5.32 Å². The van der Waals surface area contributed by atoms with Crippen LogP contribution >= 0.6 is 11.8 Å². The van der Waals surface area contributed by atoms with Crippen molar-refractivity contribution in [3.05, 3.63) is 29.8 Å². The lowest BCUT2D eigenvalue weighted by molar-refractivity contribution is 0.238. The third kappa shape index (κ3) is 4.30. The molecule has 1 unspecified atom stereocenters. The van der Waals surface area contributed by atoms with Gasteiger partial charge in [-0.2, -0.15) is 0 Å². The molecule has 0 amide bonds. The lowest BCUT2D eigenvalue weighted by Crippen LogP contribution is -2.49. The smallest absolute Gasteiger partial charge is 0.0235 e. The predicted molar refractivity (Wildman–Crippen MR) is 80.4 cm³/mol. The van der Waals surface area contributed by atoms with Gasteiger partial charge in [0.05, 0.1) is 0 Å². The van der Waals surface area contributed by atoms with E-state index in [1.165, 1.54) is 17.0 Å². The Hall–Kier alpha value is -0.510. The summed E-state index contributed by atoms with van der Waals surface area (Å²) in [7, 11) is 2.20. The number of thioether (sulfide) groups is 1. The van der Waals surface area contributed by atoms with Gasteiger partial charge in [0.1, 0.15) is 0 Å². The average molecular weight is 264 g/mol. The molecule has 1 aromatic carbocycles. The van der Waals surface area contributed by atoms with Gasteiger partial charge in [-0.3, -0.25) is 0 Å². The Labute approximate surface area is 115 Å². The highest BCUT2D eigenvalue weighted by molar-refractivity contribution is 7.99. The number of hydrogen-bond acceptors (Lipinski definition) is 3. The number of nitrogens with one attached hydrogen (secondary N) is 1. The largest absolute Gasteiger partial charge is 0.311 e. The van der Waals surface area contributed by atoms with Crippen LogP contribution in [0.15, 0.2) is 29.2 Å². The zero-order valence-electron chi connectivity index (χ0n) is 11.6. The van der Waals surface area contributed by atoms with Gasteiger partial charge >= 0.3 is 0 Å². The Morgan fingerprint density at radius 3 is 2.67 bits per heavy atom. The number of rotatable bonds is 4. The summed E-state index contributed by atoms with van der Waals surface area (Å²) in [4.78, 5) is 3.78. The standard InChI is InChI=1S/C15H24N2S/c1-12(2)18-15-6-4-13(5-7-15)10-14-11-17(3)9-8-16-14/h4-7,12,14,16H,8-11H2,1-3H3. The zero-order chi connectivity index (χ0) is 13.0. The normalized spacial score (nSPS) is 21.4. The average Bonchev–Trinajstić information content (AvgIpc) is 2.31. The highest BCUT2D eigenvalue weighted by Gasteiger charge is 2.16. The van der Waals surface area contributed by atoms with E-state index in [-0.39, 0.29) is 0 Å². The van der Waals surface area contributed by atoms with Crippen LogP contribution in [0.2, 0.25) is 0 Å². The van der Waals surface area contributed by atoms with Crippen molar-refractivity contribution in [1.29, 1.82) is 0 Å². The van der Waals surface area contributed by atoms with E-state index >= 15 is 0 Å². The van der Waals surface area contributed by atoms with Crippen LogP contribution in [-0.2, 0) is 6.42 Å². The summed E-state index contributed by atoms with van der Waals surface area (Å²) in [5.74, 6) is 0. The lowest BCUT2D eigenvalue weighted by atomic mass is 10.0. The van der Waals surface area contributed by atoms with E-state index in [1.54, 1.807) is 0 Å². The number of likely N-dealkylation sites (N-methyl/N-ethyl adjacent to an activating group) is 1. The van der Waals surface area contributed by atoms with Crippen molar-refractivity contribution in [2.24, 2.45) is 0 Å². The molecule has 0 bridgehead atoms. The number of piperazine rings is 1. The molecule has 1 aliphatic heterocycles. The van der Waals surface area contributed by atoms with Crippen LogP contribution in [0.25, 0.3) is 0 Å². The molecule has 0 aromatic heterocycles. The third-order valence-electron chi connectivity index (χ3n) is 3.24. The summed E-state index contributed by atoms with van der Waals surface area (Å²) < 4.78 is 0. The second kappa shape index (κ2) is 6.60. The van der Waals surface area contributed by atoms with Gasteiger partial charge in [0, 0.05) is 35.8 Å². The summed E-state index contributed by atoms with van der Waals surface area (Å²) in [6.07, 6.45) is 1.14. The third-order valence-corrected chi connectivity index (χ3v) is 4.25. The maximum Gasteiger partial charge on any atom is 0.0235 e. The number of hydrogen-bond donors (Lipinski definition) is 1. The van der Waals surface area contributed by atoms with Crippen molar-refractivity contribution < 1.29 is 0 Å². The van der Waals surface area contributed by atoms with Gasteiger partial charge in [-0.1, -0.05) is 26.0 Å². The Balaban J connectivity index is 1.89. The van der Waals surface area contributed by atoms with Gasteiger partial charge in [0.2, 0.25) is 0 Å². The molecule has 1 aromatic rings. The highest BCUT2D eigenvalue weighted by Crippen LogP contribution is 2.23. The monoisotopic (exact) mass is 264 g/mol. The first kappa shape index (κ1) is 13.9. The molecule has 0 spiro atoms. The maximum absolute atomic E-state index is 3.60. The minimum absolute atomic E-state index is 0.604. The van der Waals surface area contributed by atoms with Gasteiger partial charge in [-0.05, 0) is 31.2 Å². The first-order valence-electron chi connectivity index (χ1n) is 6.81.